The fourth-order valence-electron chi connectivity index (χ4n) is 1.66. The predicted molar refractivity (Wildman–Crippen MR) is 73.8 cm³/mol. The maximum atomic E-state index is 13.5. The SMILES string of the molecule is CCc1cnc(CNC(=O)c2cc(C)ccc2F)s1. The Bertz CT molecular complexity index is 595. The van der Waals surface area contributed by atoms with Crippen molar-refractivity contribution in [3.8, 4) is 0 Å². The van der Waals surface area contributed by atoms with Crippen molar-refractivity contribution in [2.75, 3.05) is 0 Å². The van der Waals surface area contributed by atoms with Crippen LogP contribution in [0.4, 0.5) is 4.39 Å². The van der Waals surface area contributed by atoms with Gasteiger partial charge in [-0.25, -0.2) is 9.37 Å². The van der Waals surface area contributed by atoms with E-state index in [0.717, 1.165) is 17.0 Å². The Labute approximate surface area is 115 Å². The molecule has 3 nitrogen and oxygen atoms in total. The van der Waals surface area contributed by atoms with Crippen LogP contribution in [0.3, 0.4) is 0 Å². The Kier molecular flexibility index (Phi) is 4.27. The van der Waals surface area contributed by atoms with Crippen LogP contribution in [0.15, 0.2) is 24.4 Å². The number of rotatable bonds is 4. The fraction of sp³-hybridized carbons (Fsp3) is 0.286. The summed E-state index contributed by atoms with van der Waals surface area (Å²) in [6, 6.07) is 4.49. The van der Waals surface area contributed by atoms with Crippen LogP contribution < -0.4 is 5.32 Å². The Morgan fingerprint density at radius 1 is 1.47 bits per heavy atom. The summed E-state index contributed by atoms with van der Waals surface area (Å²) in [5.74, 6) is -0.911. The second kappa shape index (κ2) is 5.93. The van der Waals surface area contributed by atoms with E-state index in [1.807, 2.05) is 6.92 Å². The maximum Gasteiger partial charge on any atom is 0.254 e. The third-order valence-corrected chi connectivity index (χ3v) is 3.86. The van der Waals surface area contributed by atoms with Gasteiger partial charge in [-0.15, -0.1) is 11.3 Å². The number of carbonyl (C=O) groups excluding carboxylic acids is 1. The molecule has 1 amide bonds. The highest BCUT2D eigenvalue weighted by Crippen LogP contribution is 2.14. The summed E-state index contributed by atoms with van der Waals surface area (Å²) >= 11 is 1.56. The normalized spacial score (nSPS) is 10.5. The minimum atomic E-state index is -0.503. The standard InChI is InChI=1S/C14H15FN2OS/c1-3-10-7-16-13(19-10)8-17-14(18)11-6-9(2)4-5-12(11)15/h4-7H,3,8H2,1-2H3,(H,17,18). The number of amides is 1. The monoisotopic (exact) mass is 278 g/mol. The lowest BCUT2D eigenvalue weighted by atomic mass is 10.1. The number of aromatic nitrogens is 1. The van der Waals surface area contributed by atoms with E-state index >= 15 is 0 Å². The smallest absolute Gasteiger partial charge is 0.254 e. The van der Waals surface area contributed by atoms with Crippen molar-refractivity contribution >= 4 is 17.2 Å². The molecule has 0 saturated carbocycles. The van der Waals surface area contributed by atoms with Crippen molar-refractivity contribution in [1.29, 1.82) is 0 Å². The van der Waals surface area contributed by atoms with Crippen LogP contribution in [0.25, 0.3) is 0 Å². The first-order valence-corrected chi connectivity index (χ1v) is 6.89. The van der Waals surface area contributed by atoms with Crippen molar-refractivity contribution in [3.05, 3.63) is 51.2 Å². The van der Waals surface area contributed by atoms with Crippen LogP contribution >= 0.6 is 11.3 Å². The highest BCUT2D eigenvalue weighted by molar-refractivity contribution is 7.11. The Morgan fingerprint density at radius 2 is 2.26 bits per heavy atom. The van der Waals surface area contributed by atoms with Gasteiger partial charge in [0, 0.05) is 11.1 Å². The van der Waals surface area contributed by atoms with Gasteiger partial charge in [0.25, 0.3) is 5.91 Å². The number of nitrogens with zero attached hydrogens (tertiary/aromatic N) is 1. The van der Waals surface area contributed by atoms with Gasteiger partial charge >= 0.3 is 0 Å². The maximum absolute atomic E-state index is 13.5. The minimum absolute atomic E-state index is 0.0762. The number of halogens is 1. The zero-order chi connectivity index (χ0) is 13.8. The summed E-state index contributed by atoms with van der Waals surface area (Å²) in [6.45, 7) is 4.21. The summed E-state index contributed by atoms with van der Waals surface area (Å²) in [5, 5.41) is 3.52. The summed E-state index contributed by atoms with van der Waals surface area (Å²) in [7, 11) is 0. The zero-order valence-electron chi connectivity index (χ0n) is 10.9. The molecule has 0 spiro atoms. The van der Waals surface area contributed by atoms with Gasteiger partial charge in [-0.1, -0.05) is 18.6 Å². The number of hydrogen-bond donors (Lipinski definition) is 1. The topological polar surface area (TPSA) is 42.0 Å². The Morgan fingerprint density at radius 3 is 2.95 bits per heavy atom. The lowest BCUT2D eigenvalue weighted by Gasteiger charge is -2.05. The van der Waals surface area contributed by atoms with E-state index in [-0.39, 0.29) is 5.56 Å². The van der Waals surface area contributed by atoms with Crippen LogP contribution in [0.2, 0.25) is 0 Å². The minimum Gasteiger partial charge on any atom is -0.345 e. The zero-order valence-corrected chi connectivity index (χ0v) is 11.7. The van der Waals surface area contributed by atoms with Gasteiger partial charge in [-0.05, 0) is 25.5 Å². The molecule has 2 rings (SSSR count). The van der Waals surface area contributed by atoms with Crippen molar-refractivity contribution < 1.29 is 9.18 Å². The molecule has 2 aromatic rings. The molecule has 19 heavy (non-hydrogen) atoms. The summed E-state index contributed by atoms with van der Waals surface area (Å²) in [6.07, 6.45) is 2.73. The molecule has 1 heterocycles. The first-order valence-electron chi connectivity index (χ1n) is 6.08. The van der Waals surface area contributed by atoms with Crippen LogP contribution in [-0.2, 0) is 13.0 Å². The molecule has 0 unspecified atom stereocenters. The van der Waals surface area contributed by atoms with E-state index in [4.69, 9.17) is 0 Å². The number of carbonyl (C=O) groups is 1. The van der Waals surface area contributed by atoms with Gasteiger partial charge in [-0.2, -0.15) is 0 Å². The highest BCUT2D eigenvalue weighted by atomic mass is 32.1. The number of thiazole rings is 1. The van der Waals surface area contributed by atoms with Gasteiger partial charge in [0.2, 0.25) is 0 Å². The third-order valence-electron chi connectivity index (χ3n) is 2.72. The number of nitrogens with one attached hydrogen (secondary N) is 1. The molecular formula is C14H15FN2OS. The lowest BCUT2D eigenvalue weighted by molar-refractivity contribution is 0.0946. The van der Waals surface area contributed by atoms with Crippen molar-refractivity contribution in [1.82, 2.24) is 10.3 Å². The molecule has 0 aliphatic heterocycles. The molecule has 5 heteroatoms. The first kappa shape index (κ1) is 13.7. The Hall–Kier alpha value is -1.75. The van der Waals surface area contributed by atoms with E-state index in [1.165, 1.54) is 10.9 Å². The molecule has 0 bridgehead atoms. The van der Waals surface area contributed by atoms with E-state index < -0.39 is 11.7 Å². The molecule has 0 atom stereocenters. The molecule has 0 saturated heterocycles. The first-order chi connectivity index (χ1) is 9.10. The van der Waals surface area contributed by atoms with E-state index in [1.54, 1.807) is 29.7 Å². The van der Waals surface area contributed by atoms with Gasteiger partial charge in [0.05, 0.1) is 12.1 Å². The van der Waals surface area contributed by atoms with E-state index in [9.17, 15) is 9.18 Å². The number of benzene rings is 1. The van der Waals surface area contributed by atoms with Gasteiger partial charge in [0.15, 0.2) is 0 Å². The summed E-state index contributed by atoms with van der Waals surface area (Å²) < 4.78 is 13.5. The molecule has 1 N–H and O–H groups in total. The lowest BCUT2D eigenvalue weighted by Crippen LogP contribution is -2.23. The number of aryl methyl sites for hydroxylation is 2. The molecule has 100 valence electrons. The molecule has 0 fully saturated rings. The molecule has 0 aliphatic rings. The fourth-order valence-corrected chi connectivity index (χ4v) is 2.46. The van der Waals surface area contributed by atoms with Crippen molar-refractivity contribution in [2.24, 2.45) is 0 Å². The second-order valence-corrected chi connectivity index (χ2v) is 5.44. The van der Waals surface area contributed by atoms with Crippen LogP contribution in [0, 0.1) is 12.7 Å². The van der Waals surface area contributed by atoms with Crippen LogP contribution in [-0.4, -0.2) is 10.9 Å². The molecule has 0 aliphatic carbocycles. The van der Waals surface area contributed by atoms with Crippen LogP contribution in [0.5, 0.6) is 0 Å². The highest BCUT2D eigenvalue weighted by Gasteiger charge is 2.12. The molecule has 0 radical (unpaired) electrons. The number of hydrogen-bond acceptors (Lipinski definition) is 3. The largest absolute Gasteiger partial charge is 0.345 e. The van der Waals surface area contributed by atoms with E-state index in [0.29, 0.717) is 6.54 Å². The molecular weight excluding hydrogens is 263 g/mol. The predicted octanol–water partition coefficient (Wildman–Crippen LogP) is 3.08. The van der Waals surface area contributed by atoms with Crippen LogP contribution in [0.1, 0.15) is 32.7 Å². The van der Waals surface area contributed by atoms with Gasteiger partial charge in [-0.3, -0.25) is 4.79 Å². The molecule has 1 aromatic heterocycles. The second-order valence-electron chi connectivity index (χ2n) is 4.24. The summed E-state index contributed by atoms with van der Waals surface area (Å²) in [4.78, 5) is 17.3. The average Bonchev–Trinajstić information content (AvgIpc) is 2.87. The average molecular weight is 278 g/mol. The van der Waals surface area contributed by atoms with Crippen molar-refractivity contribution in [2.45, 2.75) is 26.8 Å². The molecule has 1 aromatic carbocycles. The van der Waals surface area contributed by atoms with Gasteiger partial charge in [0.1, 0.15) is 10.8 Å². The van der Waals surface area contributed by atoms with Crippen molar-refractivity contribution in [3.63, 3.8) is 0 Å². The van der Waals surface area contributed by atoms with E-state index in [2.05, 4.69) is 17.2 Å². The van der Waals surface area contributed by atoms with Gasteiger partial charge < -0.3 is 5.32 Å². The Balaban J connectivity index is 2.03. The summed E-state index contributed by atoms with van der Waals surface area (Å²) in [5.41, 5.74) is 0.932. The third kappa shape index (κ3) is 3.38. The quantitative estimate of drug-likeness (QED) is 0.933.